The zero-order valence-corrected chi connectivity index (χ0v) is 23.3. The van der Waals surface area contributed by atoms with Gasteiger partial charge in [0.2, 0.25) is 0 Å². The molecule has 4 heteroatoms. The van der Waals surface area contributed by atoms with Crippen LogP contribution >= 0.6 is 0 Å². The molecule has 0 fully saturated rings. The minimum atomic E-state index is -0.324. The van der Waals surface area contributed by atoms with E-state index >= 15 is 0 Å². The van der Waals surface area contributed by atoms with Gasteiger partial charge in [-0.2, -0.15) is 0 Å². The summed E-state index contributed by atoms with van der Waals surface area (Å²) >= 11 is 0. The zero-order chi connectivity index (χ0) is 25.9. The van der Waals surface area contributed by atoms with Crippen LogP contribution in [0.4, 0.5) is 5.69 Å². The number of anilines is 1. The molecule has 0 unspecified atom stereocenters. The van der Waals surface area contributed by atoms with Gasteiger partial charge >= 0.3 is 0 Å². The third-order valence-electron chi connectivity index (χ3n) is 8.47. The molecule has 2 aliphatic rings. The van der Waals surface area contributed by atoms with Gasteiger partial charge in [0.1, 0.15) is 11.4 Å². The SMILES string of the molecule is CCc1c(C)cccc1[C@@H]1c2c(C)c(N3Cc4cc(OC)c(OC)cc4C3)c(C)c(C)c2OC1(C)C. The summed E-state index contributed by atoms with van der Waals surface area (Å²) in [6, 6.07) is 11.0. The minimum Gasteiger partial charge on any atom is -0.493 e. The molecule has 2 aliphatic heterocycles. The first kappa shape index (κ1) is 24.5. The second kappa shape index (κ2) is 8.76. The van der Waals surface area contributed by atoms with Gasteiger partial charge < -0.3 is 19.1 Å². The molecule has 0 amide bonds. The highest BCUT2D eigenvalue weighted by atomic mass is 16.5. The number of aryl methyl sites for hydroxylation is 1. The number of benzene rings is 3. The molecular formula is C32H39NO3. The van der Waals surface area contributed by atoms with Crippen LogP contribution < -0.4 is 19.1 Å². The van der Waals surface area contributed by atoms with E-state index in [0.717, 1.165) is 36.8 Å². The van der Waals surface area contributed by atoms with Crippen molar-refractivity contribution in [3.63, 3.8) is 0 Å². The predicted molar refractivity (Wildman–Crippen MR) is 147 cm³/mol. The van der Waals surface area contributed by atoms with Gasteiger partial charge in [0.15, 0.2) is 11.5 Å². The first-order valence-electron chi connectivity index (χ1n) is 13.0. The Hall–Kier alpha value is -3.14. The van der Waals surface area contributed by atoms with Crippen LogP contribution in [0.5, 0.6) is 17.2 Å². The maximum absolute atomic E-state index is 6.78. The fourth-order valence-electron chi connectivity index (χ4n) is 6.64. The molecule has 36 heavy (non-hydrogen) atoms. The molecule has 0 N–H and O–H groups in total. The second-order valence-electron chi connectivity index (χ2n) is 10.9. The van der Waals surface area contributed by atoms with Gasteiger partial charge in [0, 0.05) is 24.3 Å². The normalized spacial score (nSPS) is 17.6. The lowest BCUT2D eigenvalue weighted by Gasteiger charge is -2.30. The first-order valence-corrected chi connectivity index (χ1v) is 13.0. The van der Waals surface area contributed by atoms with Gasteiger partial charge in [-0.1, -0.05) is 25.1 Å². The fourth-order valence-corrected chi connectivity index (χ4v) is 6.64. The highest BCUT2D eigenvalue weighted by molar-refractivity contribution is 5.73. The summed E-state index contributed by atoms with van der Waals surface area (Å²) < 4.78 is 18.0. The van der Waals surface area contributed by atoms with Crippen LogP contribution in [0.1, 0.15) is 76.8 Å². The number of rotatable bonds is 5. The average molecular weight is 486 g/mol. The number of hydrogen-bond acceptors (Lipinski definition) is 4. The third kappa shape index (κ3) is 3.56. The third-order valence-corrected chi connectivity index (χ3v) is 8.47. The van der Waals surface area contributed by atoms with Crippen molar-refractivity contribution >= 4 is 5.69 Å². The van der Waals surface area contributed by atoms with Crippen LogP contribution in [-0.2, 0) is 19.5 Å². The maximum Gasteiger partial charge on any atom is 0.161 e. The molecule has 0 saturated carbocycles. The van der Waals surface area contributed by atoms with Crippen LogP contribution in [0.3, 0.4) is 0 Å². The molecule has 0 spiro atoms. The number of ether oxygens (including phenoxy) is 3. The second-order valence-corrected chi connectivity index (χ2v) is 10.9. The van der Waals surface area contributed by atoms with Crippen molar-refractivity contribution in [2.24, 2.45) is 0 Å². The Bertz CT molecular complexity index is 1320. The van der Waals surface area contributed by atoms with E-state index in [9.17, 15) is 0 Å². The van der Waals surface area contributed by atoms with E-state index in [2.05, 4.69) is 83.7 Å². The Morgan fingerprint density at radius 2 is 1.53 bits per heavy atom. The van der Waals surface area contributed by atoms with E-state index in [1.54, 1.807) is 14.2 Å². The minimum absolute atomic E-state index is 0.186. The molecule has 0 saturated heterocycles. The van der Waals surface area contributed by atoms with Crippen molar-refractivity contribution in [2.45, 2.75) is 79.5 Å². The lowest BCUT2D eigenvalue weighted by atomic mass is 9.75. The van der Waals surface area contributed by atoms with Crippen LogP contribution in [0.2, 0.25) is 0 Å². The average Bonchev–Trinajstić information content (AvgIpc) is 3.38. The molecule has 1 atom stereocenters. The maximum atomic E-state index is 6.78. The van der Waals surface area contributed by atoms with E-state index in [1.165, 1.54) is 55.8 Å². The molecule has 3 aromatic rings. The highest BCUT2D eigenvalue weighted by Crippen LogP contribution is 2.55. The van der Waals surface area contributed by atoms with E-state index in [1.807, 2.05) is 0 Å². The smallest absolute Gasteiger partial charge is 0.161 e. The molecule has 190 valence electrons. The fraction of sp³-hybridized carbons (Fsp3) is 0.438. The summed E-state index contributed by atoms with van der Waals surface area (Å²) in [6.45, 7) is 17.5. The van der Waals surface area contributed by atoms with E-state index in [4.69, 9.17) is 14.2 Å². The number of methoxy groups -OCH3 is 2. The summed E-state index contributed by atoms with van der Waals surface area (Å²) in [7, 11) is 3.40. The number of fused-ring (bicyclic) bond motifs is 2. The van der Waals surface area contributed by atoms with Gasteiger partial charge in [-0.15, -0.1) is 0 Å². The Morgan fingerprint density at radius 3 is 2.08 bits per heavy atom. The van der Waals surface area contributed by atoms with Gasteiger partial charge in [-0.25, -0.2) is 0 Å². The van der Waals surface area contributed by atoms with Crippen molar-refractivity contribution in [1.82, 2.24) is 0 Å². The first-order chi connectivity index (χ1) is 17.1. The zero-order valence-electron chi connectivity index (χ0n) is 23.3. The molecule has 0 radical (unpaired) electrons. The molecule has 3 aromatic carbocycles. The van der Waals surface area contributed by atoms with Gasteiger partial charge in [0.25, 0.3) is 0 Å². The Morgan fingerprint density at radius 1 is 0.917 bits per heavy atom. The molecular weight excluding hydrogens is 446 g/mol. The van der Waals surface area contributed by atoms with E-state index in [-0.39, 0.29) is 11.5 Å². The topological polar surface area (TPSA) is 30.9 Å². The summed E-state index contributed by atoms with van der Waals surface area (Å²) in [5.74, 6) is 2.84. The quantitative estimate of drug-likeness (QED) is 0.379. The number of nitrogens with zero attached hydrogens (tertiary/aromatic N) is 1. The monoisotopic (exact) mass is 485 g/mol. The lowest BCUT2D eigenvalue weighted by Crippen LogP contribution is -2.32. The Kier molecular flexibility index (Phi) is 5.97. The molecule has 2 heterocycles. The predicted octanol–water partition coefficient (Wildman–Crippen LogP) is 7.32. The van der Waals surface area contributed by atoms with Crippen molar-refractivity contribution in [3.8, 4) is 17.2 Å². The summed E-state index contributed by atoms with van der Waals surface area (Å²) in [4.78, 5) is 2.51. The number of hydrogen-bond donors (Lipinski definition) is 0. The van der Waals surface area contributed by atoms with Gasteiger partial charge in [-0.05, 0) is 105 Å². The standard InChI is InChI=1S/C32H39NO3/c1-10-24-18(2)12-11-13-25(24)29-28-21(5)30(19(3)20(4)31(28)36-32(29,6)7)33-16-22-14-26(34-8)27(35-9)15-23(22)17-33/h11-15,29H,10,16-17H2,1-9H3/t29-/m1/s1. The highest BCUT2D eigenvalue weighted by Gasteiger charge is 2.46. The van der Waals surface area contributed by atoms with E-state index < -0.39 is 0 Å². The van der Waals surface area contributed by atoms with Crippen molar-refractivity contribution in [2.75, 3.05) is 19.1 Å². The van der Waals surface area contributed by atoms with Crippen LogP contribution in [0.25, 0.3) is 0 Å². The van der Waals surface area contributed by atoms with E-state index in [0.29, 0.717) is 0 Å². The Labute approximate surface area is 216 Å². The molecule has 5 rings (SSSR count). The Balaban J connectivity index is 1.67. The molecule has 0 bridgehead atoms. The molecule has 4 nitrogen and oxygen atoms in total. The molecule has 0 aromatic heterocycles. The van der Waals surface area contributed by atoms with Gasteiger partial charge in [0.05, 0.1) is 20.1 Å². The molecule has 0 aliphatic carbocycles. The summed E-state index contributed by atoms with van der Waals surface area (Å²) in [5, 5.41) is 0. The summed E-state index contributed by atoms with van der Waals surface area (Å²) in [6.07, 6.45) is 1.02. The van der Waals surface area contributed by atoms with Gasteiger partial charge in [-0.3, -0.25) is 0 Å². The van der Waals surface area contributed by atoms with Crippen molar-refractivity contribution in [3.05, 3.63) is 80.4 Å². The summed E-state index contributed by atoms with van der Waals surface area (Å²) in [5.41, 5.74) is 13.0. The van der Waals surface area contributed by atoms with Crippen molar-refractivity contribution < 1.29 is 14.2 Å². The van der Waals surface area contributed by atoms with Crippen LogP contribution in [0.15, 0.2) is 30.3 Å². The van der Waals surface area contributed by atoms with Crippen LogP contribution in [-0.4, -0.2) is 19.8 Å². The van der Waals surface area contributed by atoms with Crippen molar-refractivity contribution in [1.29, 1.82) is 0 Å². The lowest BCUT2D eigenvalue weighted by molar-refractivity contribution is 0.121. The largest absolute Gasteiger partial charge is 0.493 e. The van der Waals surface area contributed by atoms with Crippen LogP contribution in [0, 0.1) is 27.7 Å².